The van der Waals surface area contributed by atoms with Gasteiger partial charge in [-0.05, 0) is 53.1 Å². The quantitative estimate of drug-likeness (QED) is 0.210. The lowest BCUT2D eigenvalue weighted by Gasteiger charge is -2.23. The van der Waals surface area contributed by atoms with E-state index in [2.05, 4.69) is 151 Å². The maximum absolute atomic E-state index is 3.64. The molecule has 0 aliphatic carbocycles. The molecule has 3 N–H and O–H groups in total. The molecule has 3 aromatic carbocycles. The second-order valence-electron chi connectivity index (χ2n) is 11.1. The highest BCUT2D eigenvalue weighted by molar-refractivity contribution is 5.47. The Bertz CT molecular complexity index is 936. The van der Waals surface area contributed by atoms with Crippen LogP contribution in [0.1, 0.15) is 16.7 Å². The van der Waals surface area contributed by atoms with E-state index >= 15 is 0 Å². The molecule has 0 aromatic heterocycles. The van der Waals surface area contributed by atoms with Crippen LogP contribution in [0.5, 0.6) is 0 Å². The first-order valence-electron chi connectivity index (χ1n) is 14.4. The van der Waals surface area contributed by atoms with Crippen molar-refractivity contribution >= 4 is 17.1 Å². The molecule has 40 heavy (non-hydrogen) atoms. The molecular weight excluding hydrogens is 494 g/mol. The summed E-state index contributed by atoms with van der Waals surface area (Å²) in [6.45, 7) is 8.64. The van der Waals surface area contributed by atoms with Crippen molar-refractivity contribution in [1.82, 2.24) is 20.9 Å². The van der Waals surface area contributed by atoms with Crippen LogP contribution in [-0.2, 0) is 19.6 Å². The summed E-state index contributed by atoms with van der Waals surface area (Å²) in [5.74, 6) is 0. The zero-order chi connectivity index (χ0) is 28.7. The smallest absolute Gasteiger partial charge is 0.0361 e. The van der Waals surface area contributed by atoms with Crippen molar-refractivity contribution in [2.75, 3.05) is 96.3 Å². The summed E-state index contributed by atoms with van der Waals surface area (Å²) in [6, 6.07) is 26.4. The molecule has 0 radical (unpaired) electrons. The van der Waals surface area contributed by atoms with Crippen molar-refractivity contribution in [2.24, 2.45) is 0 Å². The van der Waals surface area contributed by atoms with Gasteiger partial charge in [0.05, 0.1) is 0 Å². The van der Waals surface area contributed by atoms with Crippen molar-refractivity contribution in [3.8, 4) is 0 Å². The number of anilines is 3. The number of nitrogens with zero attached hydrogens (tertiary/aromatic N) is 4. The van der Waals surface area contributed by atoms with E-state index in [9.17, 15) is 0 Å². The van der Waals surface area contributed by atoms with Gasteiger partial charge in [0.1, 0.15) is 0 Å². The Labute approximate surface area is 243 Å². The second kappa shape index (κ2) is 16.9. The summed E-state index contributed by atoms with van der Waals surface area (Å²) < 4.78 is 0. The van der Waals surface area contributed by atoms with Crippen LogP contribution < -0.4 is 30.7 Å². The van der Waals surface area contributed by atoms with Gasteiger partial charge in [-0.1, -0.05) is 36.4 Å². The molecule has 0 saturated heterocycles. The molecule has 0 amide bonds. The minimum atomic E-state index is 0.893. The lowest BCUT2D eigenvalue weighted by atomic mass is 10.2. The zero-order valence-electron chi connectivity index (χ0n) is 25.6. The highest BCUT2D eigenvalue weighted by Gasteiger charge is 2.06. The van der Waals surface area contributed by atoms with Gasteiger partial charge in [-0.15, -0.1) is 0 Å². The monoisotopic (exact) mass is 545 g/mol. The van der Waals surface area contributed by atoms with Gasteiger partial charge in [-0.25, -0.2) is 0 Å². The van der Waals surface area contributed by atoms with E-state index in [1.165, 1.54) is 33.8 Å². The fourth-order valence-electron chi connectivity index (χ4n) is 4.48. The first-order valence-corrected chi connectivity index (χ1v) is 14.4. The number of hydrogen-bond acceptors (Lipinski definition) is 7. The van der Waals surface area contributed by atoms with Crippen LogP contribution in [-0.4, -0.2) is 86.5 Å². The van der Waals surface area contributed by atoms with Gasteiger partial charge in [0.15, 0.2) is 0 Å². The van der Waals surface area contributed by atoms with Crippen LogP contribution in [0.2, 0.25) is 0 Å². The fourth-order valence-corrected chi connectivity index (χ4v) is 4.48. The molecule has 3 aromatic rings. The van der Waals surface area contributed by atoms with Gasteiger partial charge >= 0.3 is 0 Å². The van der Waals surface area contributed by atoms with Crippen LogP contribution in [0.25, 0.3) is 0 Å². The van der Waals surface area contributed by atoms with Crippen molar-refractivity contribution in [1.29, 1.82) is 0 Å². The highest BCUT2D eigenvalue weighted by Crippen LogP contribution is 2.13. The Morgan fingerprint density at radius 2 is 0.650 bits per heavy atom. The Morgan fingerprint density at radius 3 is 0.875 bits per heavy atom. The van der Waals surface area contributed by atoms with E-state index in [0.717, 1.165) is 58.9 Å². The van der Waals surface area contributed by atoms with Crippen LogP contribution in [0.3, 0.4) is 0 Å². The van der Waals surface area contributed by atoms with Gasteiger partial charge in [0.25, 0.3) is 0 Å². The standard InChI is InChI=1S/C33H51N7/c1-37(2)31-13-7-28(8-14-31)25-34-19-22-40(23-20-35-26-29-9-15-32(16-10-29)38(3)4)24-21-36-27-30-11-17-33(18-12-30)39(5)6/h7-18,34-36H,19-27H2,1-6H3. The van der Waals surface area contributed by atoms with Crippen LogP contribution in [0.15, 0.2) is 72.8 Å². The average molecular weight is 546 g/mol. The molecule has 7 nitrogen and oxygen atoms in total. The minimum Gasteiger partial charge on any atom is -0.378 e. The van der Waals surface area contributed by atoms with Gasteiger partial charge in [0.2, 0.25) is 0 Å². The molecule has 0 fully saturated rings. The van der Waals surface area contributed by atoms with E-state index in [1.807, 2.05) is 0 Å². The summed E-state index contributed by atoms with van der Waals surface area (Å²) in [4.78, 5) is 8.95. The molecule has 0 heterocycles. The number of rotatable bonds is 18. The molecule has 3 rings (SSSR count). The fraction of sp³-hybridized carbons (Fsp3) is 0.455. The Kier molecular flexibility index (Phi) is 13.3. The predicted molar refractivity (Wildman–Crippen MR) is 174 cm³/mol. The molecule has 0 unspecified atom stereocenters. The number of benzene rings is 3. The minimum absolute atomic E-state index is 0.893. The molecule has 0 aliphatic rings. The maximum atomic E-state index is 3.64. The summed E-state index contributed by atoms with van der Waals surface area (Å²) in [5, 5.41) is 10.9. The lowest BCUT2D eigenvalue weighted by molar-refractivity contribution is 0.271. The van der Waals surface area contributed by atoms with E-state index in [-0.39, 0.29) is 0 Å². The molecule has 218 valence electrons. The maximum Gasteiger partial charge on any atom is 0.0361 e. The normalized spacial score (nSPS) is 11.2. The Hall–Kier alpha value is -3.10. The van der Waals surface area contributed by atoms with Gasteiger partial charge in [-0.3, -0.25) is 4.90 Å². The summed E-state index contributed by atoms with van der Waals surface area (Å²) in [7, 11) is 12.5. The van der Waals surface area contributed by atoms with Gasteiger partial charge in [-0.2, -0.15) is 0 Å². The first-order chi connectivity index (χ1) is 19.3. The zero-order valence-corrected chi connectivity index (χ0v) is 25.6. The molecule has 0 spiro atoms. The molecule has 0 bridgehead atoms. The lowest BCUT2D eigenvalue weighted by Crippen LogP contribution is -2.40. The molecule has 0 atom stereocenters. The Morgan fingerprint density at radius 1 is 0.400 bits per heavy atom. The highest BCUT2D eigenvalue weighted by atomic mass is 15.2. The van der Waals surface area contributed by atoms with Crippen LogP contribution in [0.4, 0.5) is 17.1 Å². The Balaban J connectivity index is 1.42. The predicted octanol–water partition coefficient (Wildman–Crippen LogP) is 3.86. The average Bonchev–Trinajstić information content (AvgIpc) is 2.95. The molecule has 0 saturated carbocycles. The van der Waals surface area contributed by atoms with Crippen molar-refractivity contribution in [3.63, 3.8) is 0 Å². The third-order valence-corrected chi connectivity index (χ3v) is 7.16. The summed E-state index contributed by atoms with van der Waals surface area (Å²) in [6.07, 6.45) is 0. The van der Waals surface area contributed by atoms with Crippen molar-refractivity contribution in [2.45, 2.75) is 19.6 Å². The molecule has 7 heteroatoms. The largest absolute Gasteiger partial charge is 0.378 e. The van der Waals surface area contributed by atoms with E-state index < -0.39 is 0 Å². The number of nitrogens with one attached hydrogen (secondary N) is 3. The van der Waals surface area contributed by atoms with E-state index in [0.29, 0.717) is 0 Å². The SMILES string of the molecule is CN(C)c1ccc(CNCCN(CCNCc2ccc(N(C)C)cc2)CCNCc2ccc(N(C)C)cc2)cc1. The third-order valence-electron chi connectivity index (χ3n) is 7.16. The number of hydrogen-bond donors (Lipinski definition) is 3. The molecule has 0 aliphatic heterocycles. The van der Waals surface area contributed by atoms with Crippen molar-refractivity contribution in [3.05, 3.63) is 89.5 Å². The van der Waals surface area contributed by atoms with E-state index in [1.54, 1.807) is 0 Å². The van der Waals surface area contributed by atoms with Gasteiger partial charge < -0.3 is 30.7 Å². The second-order valence-corrected chi connectivity index (χ2v) is 11.1. The van der Waals surface area contributed by atoms with Crippen LogP contribution in [0, 0.1) is 0 Å². The first kappa shape index (κ1) is 31.4. The van der Waals surface area contributed by atoms with Crippen molar-refractivity contribution < 1.29 is 0 Å². The van der Waals surface area contributed by atoms with Gasteiger partial charge in [0, 0.05) is 118 Å². The summed E-state index contributed by atoms with van der Waals surface area (Å²) in [5.41, 5.74) is 7.66. The summed E-state index contributed by atoms with van der Waals surface area (Å²) >= 11 is 0. The topological polar surface area (TPSA) is 49.1 Å². The van der Waals surface area contributed by atoms with E-state index in [4.69, 9.17) is 0 Å². The van der Waals surface area contributed by atoms with Crippen LogP contribution >= 0.6 is 0 Å². The third kappa shape index (κ3) is 11.2. The molecular formula is C33H51N7.